The molecular weight excluding hydrogens is 162 g/mol. The van der Waals surface area contributed by atoms with Gasteiger partial charge in [-0.25, -0.2) is 0 Å². The average Bonchev–Trinajstić information content (AvgIpc) is 2.52. The van der Waals surface area contributed by atoms with Gasteiger partial charge in [0.1, 0.15) is 0 Å². The van der Waals surface area contributed by atoms with Crippen LogP contribution in [0.1, 0.15) is 34.1 Å². The topological polar surface area (TPSA) is 23.5 Å². The Hall–Kier alpha value is -0.0800. The van der Waals surface area contributed by atoms with Crippen molar-refractivity contribution in [1.29, 1.82) is 0 Å². The molecule has 0 amide bonds. The first-order chi connectivity index (χ1) is 5.97. The number of likely N-dealkylation sites (tertiary alicyclic amines) is 1. The van der Waals surface area contributed by atoms with Crippen LogP contribution in [-0.2, 0) is 0 Å². The highest BCUT2D eigenvalue weighted by molar-refractivity contribution is 4.88. The van der Waals surface area contributed by atoms with Crippen LogP contribution in [-0.4, -0.2) is 35.2 Å². The van der Waals surface area contributed by atoms with Crippen molar-refractivity contribution >= 4 is 0 Å². The highest BCUT2D eigenvalue weighted by atomic mass is 16.3. The normalized spacial score (nSPS) is 25.8. The molecule has 2 heteroatoms. The minimum Gasteiger partial charge on any atom is -0.394 e. The van der Waals surface area contributed by atoms with E-state index >= 15 is 0 Å². The summed E-state index contributed by atoms with van der Waals surface area (Å²) in [4.78, 5) is 2.41. The number of aliphatic hydroxyl groups excluding tert-OH is 1. The van der Waals surface area contributed by atoms with E-state index in [0.717, 1.165) is 24.9 Å². The fourth-order valence-electron chi connectivity index (χ4n) is 1.98. The Kier molecular flexibility index (Phi) is 3.36. The first-order valence-corrected chi connectivity index (χ1v) is 5.33. The lowest BCUT2D eigenvalue weighted by Crippen LogP contribution is -2.45. The number of hydrogen-bond acceptors (Lipinski definition) is 2. The summed E-state index contributed by atoms with van der Waals surface area (Å²) in [6.07, 6.45) is 1.29. The van der Waals surface area contributed by atoms with E-state index in [1.165, 1.54) is 6.42 Å². The van der Waals surface area contributed by atoms with E-state index in [1.807, 2.05) is 0 Å². The Bertz CT molecular complexity index is 165. The zero-order valence-corrected chi connectivity index (χ0v) is 9.38. The third kappa shape index (κ3) is 2.44. The van der Waals surface area contributed by atoms with Gasteiger partial charge in [0.2, 0.25) is 0 Å². The molecule has 1 saturated heterocycles. The number of hydrogen-bond donors (Lipinski definition) is 1. The summed E-state index contributed by atoms with van der Waals surface area (Å²) in [7, 11) is 0. The first kappa shape index (κ1) is 11.0. The van der Waals surface area contributed by atoms with Crippen molar-refractivity contribution in [2.75, 3.05) is 19.7 Å². The summed E-state index contributed by atoms with van der Waals surface area (Å²) < 4.78 is 0. The van der Waals surface area contributed by atoms with E-state index in [4.69, 9.17) is 0 Å². The van der Waals surface area contributed by atoms with Crippen LogP contribution in [0.4, 0.5) is 0 Å². The second-order valence-electron chi connectivity index (χ2n) is 5.21. The van der Waals surface area contributed by atoms with E-state index in [0.29, 0.717) is 0 Å². The summed E-state index contributed by atoms with van der Waals surface area (Å²) in [6, 6.07) is 0. The molecular formula is C11H23NO. The molecule has 1 aliphatic heterocycles. The van der Waals surface area contributed by atoms with Crippen LogP contribution in [0.5, 0.6) is 0 Å². The predicted octanol–water partition coefficient (Wildman–Crippen LogP) is 1.74. The van der Waals surface area contributed by atoms with Crippen LogP contribution >= 0.6 is 0 Å². The molecule has 0 aromatic heterocycles. The molecule has 78 valence electrons. The molecule has 1 N–H and O–H groups in total. The summed E-state index contributed by atoms with van der Waals surface area (Å²) in [5.41, 5.74) is -0.0242. The van der Waals surface area contributed by atoms with Crippen LogP contribution in [0.3, 0.4) is 0 Å². The lowest BCUT2D eigenvalue weighted by atomic mass is 9.95. The van der Waals surface area contributed by atoms with Crippen molar-refractivity contribution in [3.05, 3.63) is 0 Å². The second kappa shape index (κ2) is 3.97. The van der Waals surface area contributed by atoms with E-state index in [9.17, 15) is 5.11 Å². The van der Waals surface area contributed by atoms with Gasteiger partial charge in [-0.3, -0.25) is 4.90 Å². The molecule has 0 spiro atoms. The highest BCUT2D eigenvalue weighted by Crippen LogP contribution is 2.28. The zero-order valence-electron chi connectivity index (χ0n) is 9.38. The first-order valence-electron chi connectivity index (χ1n) is 5.33. The number of nitrogens with zero attached hydrogens (tertiary/aromatic N) is 1. The largest absolute Gasteiger partial charge is 0.394 e. The van der Waals surface area contributed by atoms with E-state index in [-0.39, 0.29) is 12.1 Å². The maximum Gasteiger partial charge on any atom is 0.0610 e. The molecule has 1 fully saturated rings. The van der Waals surface area contributed by atoms with Crippen LogP contribution in [0.15, 0.2) is 0 Å². The fraction of sp³-hybridized carbons (Fsp3) is 1.00. The molecule has 0 bridgehead atoms. The molecule has 0 saturated carbocycles. The average molecular weight is 185 g/mol. The Morgan fingerprint density at radius 2 is 2.08 bits per heavy atom. The van der Waals surface area contributed by atoms with Gasteiger partial charge >= 0.3 is 0 Å². The van der Waals surface area contributed by atoms with Gasteiger partial charge in [0.25, 0.3) is 0 Å². The minimum atomic E-state index is -0.0242. The Balaban J connectivity index is 2.49. The Labute approximate surface area is 81.9 Å². The van der Waals surface area contributed by atoms with Gasteiger partial charge in [0, 0.05) is 12.1 Å². The minimum absolute atomic E-state index is 0.0242. The van der Waals surface area contributed by atoms with Crippen molar-refractivity contribution in [2.24, 2.45) is 11.8 Å². The molecule has 1 rings (SSSR count). The lowest BCUT2D eigenvalue weighted by Gasteiger charge is -2.34. The third-order valence-electron chi connectivity index (χ3n) is 3.41. The summed E-state index contributed by atoms with van der Waals surface area (Å²) in [5.74, 6) is 1.60. The van der Waals surface area contributed by atoms with E-state index in [2.05, 4.69) is 32.6 Å². The van der Waals surface area contributed by atoms with E-state index in [1.54, 1.807) is 0 Å². The molecule has 2 nitrogen and oxygen atoms in total. The Morgan fingerprint density at radius 3 is 2.46 bits per heavy atom. The highest BCUT2D eigenvalue weighted by Gasteiger charge is 2.33. The predicted molar refractivity (Wildman–Crippen MR) is 55.7 cm³/mol. The molecule has 1 unspecified atom stereocenters. The van der Waals surface area contributed by atoms with Crippen molar-refractivity contribution in [3.8, 4) is 0 Å². The van der Waals surface area contributed by atoms with Crippen molar-refractivity contribution in [1.82, 2.24) is 4.90 Å². The molecule has 0 aliphatic carbocycles. The zero-order chi connectivity index (χ0) is 10.1. The summed E-state index contributed by atoms with van der Waals surface area (Å²) >= 11 is 0. The molecule has 0 aromatic carbocycles. The van der Waals surface area contributed by atoms with Crippen LogP contribution in [0.25, 0.3) is 0 Å². The van der Waals surface area contributed by atoms with Crippen LogP contribution < -0.4 is 0 Å². The third-order valence-corrected chi connectivity index (χ3v) is 3.41. The van der Waals surface area contributed by atoms with Crippen LogP contribution in [0.2, 0.25) is 0 Å². The second-order valence-corrected chi connectivity index (χ2v) is 5.21. The fourth-order valence-corrected chi connectivity index (χ4v) is 1.98. The number of aliphatic hydroxyl groups is 1. The van der Waals surface area contributed by atoms with Gasteiger partial charge in [-0.1, -0.05) is 13.8 Å². The van der Waals surface area contributed by atoms with Gasteiger partial charge in [0.05, 0.1) is 6.61 Å². The molecule has 0 aromatic rings. The smallest absolute Gasteiger partial charge is 0.0610 e. The van der Waals surface area contributed by atoms with Crippen molar-refractivity contribution < 1.29 is 5.11 Å². The van der Waals surface area contributed by atoms with Gasteiger partial charge in [0.15, 0.2) is 0 Å². The lowest BCUT2D eigenvalue weighted by molar-refractivity contribution is 0.0724. The van der Waals surface area contributed by atoms with E-state index < -0.39 is 0 Å². The maximum absolute atomic E-state index is 9.24. The molecule has 1 heterocycles. The van der Waals surface area contributed by atoms with Gasteiger partial charge < -0.3 is 5.11 Å². The van der Waals surface area contributed by atoms with Gasteiger partial charge in [-0.05, 0) is 38.6 Å². The summed E-state index contributed by atoms with van der Waals surface area (Å²) in [6.45, 7) is 11.4. The Morgan fingerprint density at radius 1 is 1.46 bits per heavy atom. The standard InChI is InChI=1S/C11H23NO/c1-9(2)10-5-6-12(7-10)11(3,4)8-13/h9-10,13H,5-8H2,1-4H3. The van der Waals surface area contributed by atoms with Crippen molar-refractivity contribution in [3.63, 3.8) is 0 Å². The molecule has 13 heavy (non-hydrogen) atoms. The quantitative estimate of drug-likeness (QED) is 0.724. The summed E-state index contributed by atoms with van der Waals surface area (Å²) in [5, 5.41) is 9.24. The van der Waals surface area contributed by atoms with Gasteiger partial charge in [-0.2, -0.15) is 0 Å². The van der Waals surface area contributed by atoms with Crippen LogP contribution in [0, 0.1) is 11.8 Å². The molecule has 1 atom stereocenters. The number of rotatable bonds is 3. The van der Waals surface area contributed by atoms with Gasteiger partial charge in [-0.15, -0.1) is 0 Å². The van der Waals surface area contributed by atoms with Crippen molar-refractivity contribution in [2.45, 2.75) is 39.7 Å². The molecule has 0 radical (unpaired) electrons. The SMILES string of the molecule is CC(C)C1CCN(C(C)(C)CO)C1. The molecule has 1 aliphatic rings. The maximum atomic E-state index is 9.24. The monoisotopic (exact) mass is 185 g/mol.